The first kappa shape index (κ1) is 15.8. The van der Waals surface area contributed by atoms with Crippen LogP contribution in [0.25, 0.3) is 0 Å². The van der Waals surface area contributed by atoms with E-state index in [1.165, 1.54) is 0 Å². The molecule has 0 aromatic rings. The number of carbonyl (C=O) groups excluding carboxylic acids is 1. The lowest BCUT2D eigenvalue weighted by molar-refractivity contribution is -0.150. The molecule has 2 amide bonds. The highest BCUT2D eigenvalue weighted by molar-refractivity contribution is 5.78. The Bertz CT molecular complexity index is 362. The molecule has 1 heterocycles. The summed E-state index contributed by atoms with van der Waals surface area (Å²) in [5.41, 5.74) is -0.771. The molecule has 0 aliphatic carbocycles. The van der Waals surface area contributed by atoms with Gasteiger partial charge in [-0.1, -0.05) is 20.8 Å². The molecule has 0 aromatic heterocycles. The molecule has 5 nitrogen and oxygen atoms in total. The fourth-order valence-electron chi connectivity index (χ4n) is 2.60. The maximum absolute atomic E-state index is 12.3. The Kier molecular flexibility index (Phi) is 4.48. The highest BCUT2D eigenvalue weighted by atomic mass is 16.4. The van der Waals surface area contributed by atoms with E-state index in [0.717, 1.165) is 6.42 Å². The van der Waals surface area contributed by atoms with Gasteiger partial charge in [-0.25, -0.2) is 4.79 Å². The zero-order chi connectivity index (χ0) is 14.8. The molecule has 1 rings (SSSR count). The molecule has 1 N–H and O–H groups in total. The average Bonchev–Trinajstić information content (AvgIpc) is 2.25. The highest BCUT2D eigenvalue weighted by Crippen LogP contribution is 2.30. The molecular formula is C14H26N2O3. The van der Waals surface area contributed by atoms with Gasteiger partial charge in [-0.15, -0.1) is 0 Å². The van der Waals surface area contributed by atoms with Crippen molar-refractivity contribution in [1.82, 2.24) is 9.80 Å². The Balaban J connectivity index is 2.70. The predicted molar refractivity (Wildman–Crippen MR) is 74.0 cm³/mol. The van der Waals surface area contributed by atoms with Gasteiger partial charge in [0.25, 0.3) is 0 Å². The number of likely N-dealkylation sites (tertiary alicyclic amines) is 1. The molecule has 0 aromatic carbocycles. The van der Waals surface area contributed by atoms with E-state index in [0.29, 0.717) is 26.1 Å². The van der Waals surface area contributed by atoms with Crippen molar-refractivity contribution in [3.05, 3.63) is 0 Å². The van der Waals surface area contributed by atoms with E-state index < -0.39 is 11.4 Å². The largest absolute Gasteiger partial charge is 0.481 e. The molecule has 1 fully saturated rings. The van der Waals surface area contributed by atoms with Crippen LogP contribution in [-0.2, 0) is 4.79 Å². The fraction of sp³-hybridized carbons (Fsp3) is 0.857. The van der Waals surface area contributed by atoms with Gasteiger partial charge in [-0.2, -0.15) is 0 Å². The van der Waals surface area contributed by atoms with Crippen LogP contribution in [0.1, 0.15) is 40.5 Å². The van der Waals surface area contributed by atoms with Gasteiger partial charge in [0.1, 0.15) is 0 Å². The van der Waals surface area contributed by atoms with Crippen LogP contribution in [-0.4, -0.2) is 53.6 Å². The monoisotopic (exact) mass is 270 g/mol. The number of carboxylic acid groups (broad SMARTS) is 1. The topological polar surface area (TPSA) is 60.9 Å². The molecule has 1 aliphatic heterocycles. The molecule has 1 unspecified atom stereocenters. The number of carbonyl (C=O) groups is 2. The zero-order valence-corrected chi connectivity index (χ0v) is 12.7. The number of hydrogen-bond donors (Lipinski definition) is 1. The minimum atomic E-state index is -0.816. The summed E-state index contributed by atoms with van der Waals surface area (Å²) in [5.74, 6) is -0.816. The summed E-state index contributed by atoms with van der Waals surface area (Å²) >= 11 is 0. The van der Waals surface area contributed by atoms with Crippen LogP contribution >= 0.6 is 0 Å². The van der Waals surface area contributed by atoms with E-state index in [1.54, 1.807) is 23.8 Å². The third kappa shape index (κ3) is 4.11. The van der Waals surface area contributed by atoms with E-state index in [2.05, 4.69) is 20.8 Å². The Morgan fingerprint density at radius 1 is 1.37 bits per heavy atom. The van der Waals surface area contributed by atoms with E-state index in [9.17, 15) is 14.7 Å². The molecule has 0 bridgehead atoms. The number of rotatable bonds is 2. The molecule has 19 heavy (non-hydrogen) atoms. The first-order valence-electron chi connectivity index (χ1n) is 6.79. The van der Waals surface area contributed by atoms with Crippen LogP contribution in [0.2, 0.25) is 0 Å². The van der Waals surface area contributed by atoms with Crippen LogP contribution in [0.15, 0.2) is 0 Å². The van der Waals surface area contributed by atoms with Crippen molar-refractivity contribution in [2.45, 2.75) is 40.5 Å². The number of nitrogens with zero attached hydrogens (tertiary/aromatic N) is 2. The smallest absolute Gasteiger partial charge is 0.319 e. The molecule has 0 saturated carbocycles. The standard InChI is InChI=1S/C14H26N2O3/c1-13(2,3)9-15(5)12(19)16-8-6-7-14(4,10-16)11(17)18/h6-10H2,1-5H3,(H,17,18). The fourth-order valence-corrected chi connectivity index (χ4v) is 2.60. The van der Waals surface area contributed by atoms with Gasteiger partial charge >= 0.3 is 12.0 Å². The molecule has 1 saturated heterocycles. The molecule has 0 spiro atoms. The van der Waals surface area contributed by atoms with Crippen LogP contribution in [0.3, 0.4) is 0 Å². The number of carboxylic acids is 1. The van der Waals surface area contributed by atoms with Gasteiger partial charge in [-0.05, 0) is 25.2 Å². The number of aliphatic carboxylic acids is 1. The zero-order valence-electron chi connectivity index (χ0n) is 12.7. The quantitative estimate of drug-likeness (QED) is 0.837. The summed E-state index contributed by atoms with van der Waals surface area (Å²) in [6.45, 7) is 9.56. The summed E-state index contributed by atoms with van der Waals surface area (Å²) in [5, 5.41) is 9.27. The van der Waals surface area contributed by atoms with Crippen LogP contribution in [0.4, 0.5) is 4.79 Å². The first-order chi connectivity index (χ1) is 8.55. The minimum absolute atomic E-state index is 0.0380. The SMILES string of the molecule is CN(CC(C)(C)C)C(=O)N1CCCC(C)(C(=O)O)C1. The lowest BCUT2D eigenvalue weighted by Gasteiger charge is -2.40. The third-order valence-electron chi connectivity index (χ3n) is 3.52. The van der Waals surface area contributed by atoms with Gasteiger partial charge < -0.3 is 14.9 Å². The predicted octanol–water partition coefficient (Wildman–Crippen LogP) is 2.27. The van der Waals surface area contributed by atoms with Crippen molar-refractivity contribution in [2.24, 2.45) is 10.8 Å². The van der Waals surface area contributed by atoms with E-state index in [-0.39, 0.29) is 11.4 Å². The second-order valence-electron chi connectivity index (χ2n) is 7.09. The number of urea groups is 1. The van der Waals surface area contributed by atoms with Gasteiger partial charge in [0.2, 0.25) is 0 Å². The normalized spacial score (nSPS) is 24.2. The van der Waals surface area contributed by atoms with Crippen molar-refractivity contribution < 1.29 is 14.7 Å². The Hall–Kier alpha value is -1.26. The molecule has 0 radical (unpaired) electrons. The Labute approximate surface area is 115 Å². The first-order valence-corrected chi connectivity index (χ1v) is 6.79. The summed E-state index contributed by atoms with van der Waals surface area (Å²) in [4.78, 5) is 27.0. The van der Waals surface area contributed by atoms with Gasteiger partial charge in [0.15, 0.2) is 0 Å². The highest BCUT2D eigenvalue weighted by Gasteiger charge is 2.40. The lowest BCUT2D eigenvalue weighted by Crippen LogP contribution is -2.52. The van der Waals surface area contributed by atoms with E-state index in [4.69, 9.17) is 0 Å². The molecule has 110 valence electrons. The number of amides is 2. The summed E-state index contributed by atoms with van der Waals surface area (Å²) < 4.78 is 0. The third-order valence-corrected chi connectivity index (χ3v) is 3.52. The van der Waals surface area contributed by atoms with E-state index in [1.807, 2.05) is 0 Å². The van der Waals surface area contributed by atoms with Crippen LogP contribution in [0, 0.1) is 10.8 Å². The van der Waals surface area contributed by atoms with Crippen LogP contribution in [0.5, 0.6) is 0 Å². The maximum atomic E-state index is 12.3. The van der Waals surface area contributed by atoms with E-state index >= 15 is 0 Å². The lowest BCUT2D eigenvalue weighted by atomic mass is 9.82. The molecular weight excluding hydrogens is 244 g/mol. The number of hydrogen-bond acceptors (Lipinski definition) is 2. The average molecular weight is 270 g/mol. The summed E-state index contributed by atoms with van der Waals surface area (Å²) in [6, 6.07) is -0.0675. The Morgan fingerprint density at radius 2 is 1.95 bits per heavy atom. The summed E-state index contributed by atoms with van der Waals surface area (Å²) in [6.07, 6.45) is 1.38. The van der Waals surface area contributed by atoms with Gasteiger partial charge in [0.05, 0.1) is 5.41 Å². The Morgan fingerprint density at radius 3 is 2.42 bits per heavy atom. The second kappa shape index (κ2) is 5.39. The minimum Gasteiger partial charge on any atom is -0.481 e. The van der Waals surface area contributed by atoms with Crippen molar-refractivity contribution in [1.29, 1.82) is 0 Å². The molecule has 1 aliphatic rings. The summed E-state index contributed by atoms with van der Waals surface area (Å²) in [7, 11) is 1.78. The molecule has 5 heteroatoms. The van der Waals surface area contributed by atoms with Crippen molar-refractivity contribution >= 4 is 12.0 Å². The second-order valence-corrected chi connectivity index (χ2v) is 7.09. The number of piperidine rings is 1. The molecule has 1 atom stereocenters. The van der Waals surface area contributed by atoms with Gasteiger partial charge in [-0.3, -0.25) is 4.79 Å². The van der Waals surface area contributed by atoms with Crippen molar-refractivity contribution in [3.8, 4) is 0 Å². The maximum Gasteiger partial charge on any atom is 0.319 e. The van der Waals surface area contributed by atoms with Crippen molar-refractivity contribution in [3.63, 3.8) is 0 Å². The van der Waals surface area contributed by atoms with Gasteiger partial charge in [0, 0.05) is 26.7 Å². The van der Waals surface area contributed by atoms with Crippen LogP contribution < -0.4 is 0 Å². The van der Waals surface area contributed by atoms with Crippen molar-refractivity contribution in [2.75, 3.05) is 26.7 Å².